The summed E-state index contributed by atoms with van der Waals surface area (Å²) in [5, 5.41) is 2.81. The number of hydrogen-bond acceptors (Lipinski definition) is 3. The standard InChI is InChI=1S/C23H28N2O3S/c1-15-4-3-5-19(12-15)23(26)24-20-8-10-21(11-9-20)29(27,28)25-16(2)22-14-17-6-7-18(22)13-17/h3-5,8-12,16-18,22,25H,6-7,13-14H2,1-2H3,(H,24,26)/t16-,17-,18-,22+/m0/s1. The Kier molecular flexibility index (Phi) is 5.49. The Morgan fingerprint density at radius 3 is 2.45 bits per heavy atom. The molecule has 0 aliphatic heterocycles. The van der Waals surface area contributed by atoms with Crippen molar-refractivity contribution < 1.29 is 13.2 Å². The molecule has 0 heterocycles. The lowest BCUT2D eigenvalue weighted by atomic mass is 9.84. The number of amides is 1. The fraction of sp³-hybridized carbons (Fsp3) is 0.435. The summed E-state index contributed by atoms with van der Waals surface area (Å²) in [6, 6.07) is 13.6. The molecule has 0 aromatic heterocycles. The van der Waals surface area contributed by atoms with Crippen molar-refractivity contribution in [1.82, 2.24) is 4.72 Å². The molecule has 154 valence electrons. The number of rotatable bonds is 6. The van der Waals surface area contributed by atoms with E-state index in [4.69, 9.17) is 0 Å². The van der Waals surface area contributed by atoms with Gasteiger partial charge in [-0.3, -0.25) is 4.79 Å². The lowest BCUT2D eigenvalue weighted by Crippen LogP contribution is -2.40. The van der Waals surface area contributed by atoms with Crippen molar-refractivity contribution in [2.24, 2.45) is 17.8 Å². The summed E-state index contributed by atoms with van der Waals surface area (Å²) in [4.78, 5) is 12.6. The first-order chi connectivity index (χ1) is 13.8. The van der Waals surface area contributed by atoms with E-state index in [1.54, 1.807) is 30.3 Å². The van der Waals surface area contributed by atoms with Gasteiger partial charge in [-0.05, 0) is 87.3 Å². The van der Waals surface area contributed by atoms with Crippen LogP contribution in [0, 0.1) is 24.7 Å². The molecular formula is C23H28N2O3S. The minimum absolute atomic E-state index is 0.0593. The van der Waals surface area contributed by atoms with Gasteiger partial charge in [0.05, 0.1) is 4.90 Å². The number of nitrogens with one attached hydrogen (secondary N) is 2. The molecule has 29 heavy (non-hydrogen) atoms. The predicted octanol–water partition coefficient (Wildman–Crippen LogP) is 4.35. The third-order valence-electron chi connectivity index (χ3n) is 6.48. The molecule has 2 aliphatic rings. The summed E-state index contributed by atoms with van der Waals surface area (Å²) in [6.45, 7) is 3.92. The van der Waals surface area contributed by atoms with E-state index in [-0.39, 0.29) is 16.8 Å². The van der Waals surface area contributed by atoms with Crippen LogP contribution in [0.1, 0.15) is 48.5 Å². The summed E-state index contributed by atoms with van der Waals surface area (Å²) >= 11 is 0. The number of fused-ring (bicyclic) bond motifs is 2. The lowest BCUT2D eigenvalue weighted by Gasteiger charge is -2.28. The van der Waals surface area contributed by atoms with Gasteiger partial charge in [-0.2, -0.15) is 0 Å². The van der Waals surface area contributed by atoms with Crippen LogP contribution in [0.2, 0.25) is 0 Å². The molecule has 4 rings (SSSR count). The Hall–Kier alpha value is -2.18. The van der Waals surface area contributed by atoms with Gasteiger partial charge in [0.25, 0.3) is 5.91 Å². The van der Waals surface area contributed by atoms with Gasteiger partial charge >= 0.3 is 0 Å². The van der Waals surface area contributed by atoms with Gasteiger partial charge in [0, 0.05) is 17.3 Å². The van der Waals surface area contributed by atoms with Crippen molar-refractivity contribution >= 4 is 21.6 Å². The highest BCUT2D eigenvalue weighted by Crippen LogP contribution is 2.49. The Balaban J connectivity index is 1.40. The van der Waals surface area contributed by atoms with Crippen LogP contribution in [0.15, 0.2) is 53.4 Å². The highest BCUT2D eigenvalue weighted by molar-refractivity contribution is 7.89. The number of sulfonamides is 1. The summed E-state index contributed by atoms with van der Waals surface area (Å²) < 4.78 is 28.5. The number of carbonyl (C=O) groups excluding carboxylic acids is 1. The van der Waals surface area contributed by atoms with Gasteiger partial charge in [-0.15, -0.1) is 0 Å². The summed E-state index contributed by atoms with van der Waals surface area (Å²) in [5.41, 5.74) is 2.15. The first kappa shape index (κ1) is 20.1. The van der Waals surface area contributed by atoms with Crippen LogP contribution in [0.3, 0.4) is 0 Å². The van der Waals surface area contributed by atoms with Crippen LogP contribution in [0.5, 0.6) is 0 Å². The molecule has 2 aromatic rings. The number of carbonyl (C=O) groups is 1. The van der Waals surface area contributed by atoms with Crippen LogP contribution in [0.4, 0.5) is 5.69 Å². The maximum atomic E-state index is 12.8. The molecule has 2 aliphatic carbocycles. The maximum absolute atomic E-state index is 12.8. The van der Waals surface area contributed by atoms with E-state index < -0.39 is 10.0 Å². The zero-order valence-electron chi connectivity index (χ0n) is 16.9. The van der Waals surface area contributed by atoms with E-state index >= 15 is 0 Å². The monoisotopic (exact) mass is 412 g/mol. The number of benzene rings is 2. The second-order valence-corrected chi connectivity index (χ2v) is 10.3. The second kappa shape index (κ2) is 7.92. The number of hydrogen-bond donors (Lipinski definition) is 2. The minimum Gasteiger partial charge on any atom is -0.322 e. The third-order valence-corrected chi connectivity index (χ3v) is 8.05. The first-order valence-electron chi connectivity index (χ1n) is 10.3. The van der Waals surface area contributed by atoms with E-state index in [2.05, 4.69) is 10.0 Å². The highest BCUT2D eigenvalue weighted by Gasteiger charge is 2.42. The normalized spacial score (nSPS) is 24.4. The van der Waals surface area contributed by atoms with Gasteiger partial charge in [-0.1, -0.05) is 24.1 Å². The molecule has 0 radical (unpaired) electrons. The van der Waals surface area contributed by atoms with Crippen LogP contribution in [-0.2, 0) is 10.0 Å². The van der Waals surface area contributed by atoms with E-state index in [0.29, 0.717) is 23.1 Å². The first-order valence-corrected chi connectivity index (χ1v) is 11.8. The molecule has 4 atom stereocenters. The fourth-order valence-electron chi connectivity index (χ4n) is 5.01. The largest absolute Gasteiger partial charge is 0.322 e. The van der Waals surface area contributed by atoms with Crippen molar-refractivity contribution in [1.29, 1.82) is 0 Å². The van der Waals surface area contributed by atoms with E-state index in [1.807, 2.05) is 32.0 Å². The van der Waals surface area contributed by atoms with E-state index in [0.717, 1.165) is 17.9 Å². The molecule has 2 fully saturated rings. The average Bonchev–Trinajstić information content (AvgIpc) is 3.32. The number of anilines is 1. The zero-order valence-corrected chi connectivity index (χ0v) is 17.7. The molecule has 2 bridgehead atoms. The Labute approximate surface area is 173 Å². The maximum Gasteiger partial charge on any atom is 0.255 e. The van der Waals surface area contributed by atoms with Crippen LogP contribution in [0.25, 0.3) is 0 Å². The van der Waals surface area contributed by atoms with Crippen molar-refractivity contribution in [2.45, 2.75) is 50.5 Å². The molecular weight excluding hydrogens is 384 g/mol. The van der Waals surface area contributed by atoms with Crippen molar-refractivity contribution in [2.75, 3.05) is 5.32 Å². The van der Waals surface area contributed by atoms with Gasteiger partial charge in [0.15, 0.2) is 0 Å². The van der Waals surface area contributed by atoms with Crippen LogP contribution < -0.4 is 10.0 Å². The molecule has 2 aromatic carbocycles. The predicted molar refractivity (Wildman–Crippen MR) is 114 cm³/mol. The zero-order chi connectivity index (χ0) is 20.6. The minimum atomic E-state index is -3.58. The molecule has 6 heteroatoms. The molecule has 1 amide bonds. The molecule has 0 saturated heterocycles. The topological polar surface area (TPSA) is 75.3 Å². The van der Waals surface area contributed by atoms with Gasteiger partial charge in [0.2, 0.25) is 10.0 Å². The Morgan fingerprint density at radius 2 is 1.83 bits per heavy atom. The van der Waals surface area contributed by atoms with E-state index in [9.17, 15) is 13.2 Å². The van der Waals surface area contributed by atoms with Gasteiger partial charge in [0.1, 0.15) is 0 Å². The highest BCUT2D eigenvalue weighted by atomic mass is 32.2. The van der Waals surface area contributed by atoms with Crippen LogP contribution >= 0.6 is 0 Å². The van der Waals surface area contributed by atoms with Gasteiger partial charge < -0.3 is 5.32 Å². The Bertz CT molecular complexity index is 1000. The molecule has 2 saturated carbocycles. The smallest absolute Gasteiger partial charge is 0.255 e. The quantitative estimate of drug-likeness (QED) is 0.741. The number of aryl methyl sites for hydroxylation is 1. The lowest BCUT2D eigenvalue weighted by molar-refractivity contribution is 0.102. The molecule has 2 N–H and O–H groups in total. The van der Waals surface area contributed by atoms with Gasteiger partial charge in [-0.25, -0.2) is 13.1 Å². The molecule has 5 nitrogen and oxygen atoms in total. The Morgan fingerprint density at radius 1 is 1.07 bits per heavy atom. The van der Waals surface area contributed by atoms with Crippen molar-refractivity contribution in [3.05, 3.63) is 59.7 Å². The third kappa shape index (κ3) is 4.38. The molecule has 0 spiro atoms. The summed E-state index contributed by atoms with van der Waals surface area (Å²) in [5.74, 6) is 1.67. The van der Waals surface area contributed by atoms with Crippen molar-refractivity contribution in [3.63, 3.8) is 0 Å². The summed E-state index contributed by atoms with van der Waals surface area (Å²) in [7, 11) is -3.58. The average molecular weight is 413 g/mol. The molecule has 0 unspecified atom stereocenters. The fourth-order valence-corrected chi connectivity index (χ4v) is 6.31. The van der Waals surface area contributed by atoms with Crippen molar-refractivity contribution in [3.8, 4) is 0 Å². The van der Waals surface area contributed by atoms with E-state index in [1.165, 1.54) is 19.3 Å². The second-order valence-electron chi connectivity index (χ2n) is 8.60. The van der Waals surface area contributed by atoms with Crippen LogP contribution in [-0.4, -0.2) is 20.4 Å². The SMILES string of the molecule is Cc1cccc(C(=O)Nc2ccc(S(=O)(=O)N[C@@H](C)[C@H]3C[C@H]4CC[C@H]3C4)cc2)c1. The summed E-state index contributed by atoms with van der Waals surface area (Å²) in [6.07, 6.45) is 4.93.